The van der Waals surface area contributed by atoms with Crippen molar-refractivity contribution >= 4 is 11.3 Å². The van der Waals surface area contributed by atoms with Crippen molar-refractivity contribution in [2.75, 3.05) is 0 Å². The molecule has 2 nitrogen and oxygen atoms in total. The van der Waals surface area contributed by atoms with Gasteiger partial charge in [0.2, 0.25) is 0 Å². The van der Waals surface area contributed by atoms with Crippen LogP contribution in [0.1, 0.15) is 4.88 Å². The average Bonchev–Trinajstić information content (AvgIpc) is 2.64. The summed E-state index contributed by atoms with van der Waals surface area (Å²) in [7, 11) is 0. The lowest BCUT2D eigenvalue weighted by molar-refractivity contribution is 0.285. The molecule has 0 bridgehead atoms. The zero-order valence-electron chi connectivity index (χ0n) is 7.88. The molecule has 16 heavy (non-hydrogen) atoms. The van der Waals surface area contributed by atoms with Gasteiger partial charge in [0.05, 0.1) is 17.0 Å². The van der Waals surface area contributed by atoms with E-state index in [9.17, 15) is 13.2 Å². The van der Waals surface area contributed by atoms with Gasteiger partial charge in [0, 0.05) is 18.3 Å². The van der Waals surface area contributed by atoms with Crippen molar-refractivity contribution in [2.24, 2.45) is 0 Å². The maximum atomic E-state index is 13.3. The number of hydrogen-bond donors (Lipinski definition) is 1. The summed E-state index contributed by atoms with van der Waals surface area (Å²) < 4.78 is 39.3. The van der Waals surface area contributed by atoms with Crippen LogP contribution in [0.2, 0.25) is 0 Å². The summed E-state index contributed by atoms with van der Waals surface area (Å²) in [6.45, 7) is -0.248. The van der Waals surface area contributed by atoms with E-state index >= 15 is 0 Å². The lowest BCUT2D eigenvalue weighted by atomic mass is 10.2. The zero-order valence-corrected chi connectivity index (χ0v) is 8.69. The minimum absolute atomic E-state index is 0.0825. The summed E-state index contributed by atoms with van der Waals surface area (Å²) in [5.41, 5.74) is -0.369. The van der Waals surface area contributed by atoms with Crippen LogP contribution in [-0.2, 0) is 6.61 Å². The van der Waals surface area contributed by atoms with Gasteiger partial charge in [-0.05, 0) is 0 Å². The number of nitrogens with zero attached hydrogens (tertiary/aromatic N) is 1. The van der Waals surface area contributed by atoms with E-state index in [1.54, 1.807) is 0 Å². The number of hydrogen-bond acceptors (Lipinski definition) is 3. The summed E-state index contributed by atoms with van der Waals surface area (Å²) in [6, 6.07) is 1.19. The molecule has 2 aromatic rings. The van der Waals surface area contributed by atoms with Gasteiger partial charge in [-0.15, -0.1) is 11.3 Å². The fourth-order valence-electron chi connectivity index (χ4n) is 1.24. The van der Waals surface area contributed by atoms with Gasteiger partial charge in [0.25, 0.3) is 0 Å². The first-order valence-corrected chi connectivity index (χ1v) is 5.14. The number of aliphatic hydroxyl groups is 1. The molecular formula is C10H6F3NOS. The molecule has 2 rings (SSSR count). The number of halogens is 3. The van der Waals surface area contributed by atoms with Gasteiger partial charge in [-0.3, -0.25) is 0 Å². The van der Waals surface area contributed by atoms with Crippen LogP contribution in [-0.4, -0.2) is 10.1 Å². The van der Waals surface area contributed by atoms with Gasteiger partial charge in [-0.2, -0.15) is 0 Å². The molecular weight excluding hydrogens is 239 g/mol. The third-order valence-corrected chi connectivity index (χ3v) is 2.93. The van der Waals surface area contributed by atoms with Crippen LogP contribution in [0.3, 0.4) is 0 Å². The molecule has 0 saturated carbocycles. The molecule has 6 heteroatoms. The normalized spacial score (nSPS) is 10.8. The Kier molecular flexibility index (Phi) is 2.93. The first-order valence-electron chi connectivity index (χ1n) is 4.32. The second kappa shape index (κ2) is 4.23. The molecule has 1 aromatic heterocycles. The van der Waals surface area contributed by atoms with Crippen molar-refractivity contribution in [3.63, 3.8) is 0 Å². The first-order chi connectivity index (χ1) is 7.61. The van der Waals surface area contributed by atoms with Crippen LogP contribution in [0.4, 0.5) is 13.2 Å². The molecule has 0 aliphatic heterocycles. The summed E-state index contributed by atoms with van der Waals surface area (Å²) in [5, 5.41) is 8.89. The largest absolute Gasteiger partial charge is 0.391 e. The number of thiazole rings is 1. The Morgan fingerprint density at radius 2 is 1.81 bits per heavy atom. The Morgan fingerprint density at radius 1 is 1.19 bits per heavy atom. The smallest absolute Gasteiger partial charge is 0.139 e. The van der Waals surface area contributed by atoms with Crippen LogP contribution in [0, 0.1) is 17.5 Å². The van der Waals surface area contributed by atoms with Crippen molar-refractivity contribution in [3.05, 3.63) is 40.7 Å². The SMILES string of the molecule is OCc1cnc(-c2c(F)cc(F)cc2F)s1. The van der Waals surface area contributed by atoms with Gasteiger partial charge in [0.1, 0.15) is 22.5 Å². The Bertz CT molecular complexity index is 504. The number of benzene rings is 1. The molecule has 1 N–H and O–H groups in total. The molecule has 0 amide bonds. The van der Waals surface area contributed by atoms with E-state index in [1.165, 1.54) is 6.20 Å². The van der Waals surface area contributed by atoms with E-state index in [0.29, 0.717) is 17.0 Å². The van der Waals surface area contributed by atoms with Gasteiger partial charge in [0.15, 0.2) is 0 Å². The van der Waals surface area contributed by atoms with Gasteiger partial charge in [-0.1, -0.05) is 0 Å². The Hall–Kier alpha value is -1.40. The molecule has 1 aromatic carbocycles. The fourth-order valence-corrected chi connectivity index (χ4v) is 2.06. The molecule has 0 fully saturated rings. The molecule has 0 spiro atoms. The van der Waals surface area contributed by atoms with Crippen molar-refractivity contribution in [1.82, 2.24) is 4.98 Å². The summed E-state index contributed by atoms with van der Waals surface area (Å²) in [5.74, 6) is -2.98. The topological polar surface area (TPSA) is 33.1 Å². The second-order valence-corrected chi connectivity index (χ2v) is 4.15. The molecule has 0 aliphatic rings. The van der Waals surface area contributed by atoms with Crippen molar-refractivity contribution < 1.29 is 18.3 Å². The van der Waals surface area contributed by atoms with E-state index in [-0.39, 0.29) is 17.2 Å². The number of aliphatic hydroxyl groups excluding tert-OH is 1. The quantitative estimate of drug-likeness (QED) is 0.882. The average molecular weight is 245 g/mol. The molecule has 1 heterocycles. The first kappa shape index (κ1) is 11.1. The monoisotopic (exact) mass is 245 g/mol. The highest BCUT2D eigenvalue weighted by molar-refractivity contribution is 7.15. The lowest BCUT2D eigenvalue weighted by Gasteiger charge is -2.01. The summed E-state index contributed by atoms with van der Waals surface area (Å²) >= 11 is 0.957. The number of aromatic nitrogens is 1. The minimum atomic E-state index is -1.00. The van der Waals surface area contributed by atoms with E-state index in [2.05, 4.69) is 4.98 Å². The van der Waals surface area contributed by atoms with E-state index in [0.717, 1.165) is 11.3 Å². The highest BCUT2D eigenvalue weighted by Crippen LogP contribution is 2.30. The van der Waals surface area contributed by atoms with Crippen molar-refractivity contribution in [1.29, 1.82) is 0 Å². The van der Waals surface area contributed by atoms with Gasteiger partial charge in [-0.25, -0.2) is 18.2 Å². The third-order valence-electron chi connectivity index (χ3n) is 1.93. The highest BCUT2D eigenvalue weighted by atomic mass is 32.1. The van der Waals surface area contributed by atoms with E-state index < -0.39 is 17.5 Å². The molecule has 0 saturated heterocycles. The third kappa shape index (κ3) is 1.94. The Labute approximate surface area is 93.0 Å². The molecule has 0 aliphatic carbocycles. The fraction of sp³-hybridized carbons (Fsp3) is 0.100. The van der Waals surface area contributed by atoms with E-state index in [1.807, 2.05) is 0 Å². The van der Waals surface area contributed by atoms with Crippen LogP contribution in [0.25, 0.3) is 10.6 Å². The van der Waals surface area contributed by atoms with Crippen molar-refractivity contribution in [2.45, 2.75) is 6.61 Å². The zero-order chi connectivity index (χ0) is 11.7. The van der Waals surface area contributed by atoms with Crippen LogP contribution >= 0.6 is 11.3 Å². The predicted octanol–water partition coefficient (Wildman–Crippen LogP) is 2.72. The van der Waals surface area contributed by atoms with E-state index in [4.69, 9.17) is 5.11 Å². The lowest BCUT2D eigenvalue weighted by Crippen LogP contribution is -1.91. The Balaban J connectivity index is 2.55. The number of rotatable bonds is 2. The van der Waals surface area contributed by atoms with Gasteiger partial charge >= 0.3 is 0 Å². The van der Waals surface area contributed by atoms with Crippen LogP contribution < -0.4 is 0 Å². The minimum Gasteiger partial charge on any atom is -0.391 e. The molecule has 0 unspecified atom stereocenters. The van der Waals surface area contributed by atoms with Crippen molar-refractivity contribution in [3.8, 4) is 10.6 Å². The van der Waals surface area contributed by atoms with Crippen LogP contribution in [0.5, 0.6) is 0 Å². The summed E-state index contributed by atoms with van der Waals surface area (Å²) in [6.07, 6.45) is 1.32. The van der Waals surface area contributed by atoms with Crippen LogP contribution in [0.15, 0.2) is 18.3 Å². The Morgan fingerprint density at radius 3 is 2.31 bits per heavy atom. The molecule has 0 atom stereocenters. The standard InChI is InChI=1S/C10H6F3NOS/c11-5-1-7(12)9(8(13)2-5)10-14-3-6(4-15)16-10/h1-3,15H,4H2. The maximum absolute atomic E-state index is 13.3. The second-order valence-electron chi connectivity index (χ2n) is 3.03. The molecule has 0 radical (unpaired) electrons. The van der Waals surface area contributed by atoms with Gasteiger partial charge < -0.3 is 5.11 Å². The predicted molar refractivity (Wildman–Crippen MR) is 53.3 cm³/mol. The maximum Gasteiger partial charge on any atom is 0.139 e. The highest BCUT2D eigenvalue weighted by Gasteiger charge is 2.16. The summed E-state index contributed by atoms with van der Waals surface area (Å²) in [4.78, 5) is 4.25. The molecule has 84 valence electrons.